The molecule has 5 heteroatoms. The number of rotatable bonds is 4. The highest BCUT2D eigenvalue weighted by molar-refractivity contribution is 6.02. The third-order valence-corrected chi connectivity index (χ3v) is 5.12. The van der Waals surface area contributed by atoms with E-state index in [1.54, 1.807) is 6.92 Å². The Labute approximate surface area is 149 Å². The summed E-state index contributed by atoms with van der Waals surface area (Å²) in [6.07, 6.45) is 4.06. The summed E-state index contributed by atoms with van der Waals surface area (Å²) in [6, 6.07) is 0. The van der Waals surface area contributed by atoms with Crippen LogP contribution in [0.1, 0.15) is 41.0 Å². The highest BCUT2D eigenvalue weighted by Crippen LogP contribution is 2.64. The summed E-state index contributed by atoms with van der Waals surface area (Å²) >= 11 is 0. The molecule has 136 valence electrons. The minimum Gasteiger partial charge on any atom is -0.463 e. The van der Waals surface area contributed by atoms with Crippen molar-refractivity contribution in [2.24, 2.45) is 22.4 Å². The molecule has 1 N–H and O–H groups in total. The molecule has 0 aromatic heterocycles. The Kier molecular flexibility index (Phi) is 5.43. The average molecular weight is 345 g/mol. The molecule has 0 aliphatic heterocycles. The first-order valence-corrected chi connectivity index (χ1v) is 8.63. The highest BCUT2D eigenvalue weighted by atomic mass is 16.6. The highest BCUT2D eigenvalue weighted by Gasteiger charge is 2.67. The summed E-state index contributed by atoms with van der Waals surface area (Å²) in [7, 11) is 1.52. The maximum absolute atomic E-state index is 11.7. The van der Waals surface area contributed by atoms with Crippen molar-refractivity contribution in [2.75, 3.05) is 13.7 Å². The van der Waals surface area contributed by atoms with Crippen LogP contribution >= 0.6 is 0 Å². The number of hydrogen-bond donors (Lipinski definition) is 1. The Hall–Kier alpha value is -2.06. The molecule has 0 bridgehead atoms. The fraction of sp³-hybridized carbons (Fsp3) is 0.600. The van der Waals surface area contributed by atoms with Crippen molar-refractivity contribution in [3.05, 3.63) is 23.3 Å². The molecule has 5 nitrogen and oxygen atoms in total. The van der Waals surface area contributed by atoms with E-state index in [9.17, 15) is 9.90 Å². The fourth-order valence-electron chi connectivity index (χ4n) is 3.33. The van der Waals surface area contributed by atoms with Crippen LogP contribution in [0.15, 0.2) is 28.5 Å². The van der Waals surface area contributed by atoms with Crippen LogP contribution in [-0.2, 0) is 14.4 Å². The van der Waals surface area contributed by atoms with Crippen molar-refractivity contribution in [3.8, 4) is 11.8 Å². The van der Waals surface area contributed by atoms with Gasteiger partial charge in [-0.3, -0.25) is 0 Å². The van der Waals surface area contributed by atoms with Gasteiger partial charge >= 0.3 is 5.97 Å². The second kappa shape index (κ2) is 7.05. The van der Waals surface area contributed by atoms with Crippen molar-refractivity contribution in [2.45, 2.75) is 46.6 Å². The number of fused-ring (bicyclic) bond motifs is 1. The zero-order valence-corrected chi connectivity index (χ0v) is 15.8. The Morgan fingerprint density at radius 1 is 1.56 bits per heavy atom. The summed E-state index contributed by atoms with van der Waals surface area (Å²) in [4.78, 5) is 16.6. The van der Waals surface area contributed by atoms with Crippen molar-refractivity contribution in [3.63, 3.8) is 0 Å². The van der Waals surface area contributed by atoms with Crippen LogP contribution in [0.25, 0.3) is 0 Å². The molecule has 0 heterocycles. The van der Waals surface area contributed by atoms with Gasteiger partial charge in [-0.15, -0.1) is 0 Å². The molecule has 3 unspecified atom stereocenters. The van der Waals surface area contributed by atoms with Gasteiger partial charge in [-0.25, -0.2) is 4.79 Å². The monoisotopic (exact) mass is 345 g/mol. The van der Waals surface area contributed by atoms with Crippen LogP contribution in [0.3, 0.4) is 0 Å². The van der Waals surface area contributed by atoms with E-state index in [0.717, 1.165) is 17.7 Å². The molecule has 0 aromatic rings. The van der Waals surface area contributed by atoms with Gasteiger partial charge in [0.05, 0.1) is 12.3 Å². The summed E-state index contributed by atoms with van der Waals surface area (Å²) in [5, 5.41) is 15.3. The van der Waals surface area contributed by atoms with Crippen LogP contribution < -0.4 is 0 Å². The molecule has 2 rings (SSSR count). The molecular weight excluding hydrogens is 318 g/mol. The molecule has 0 aromatic carbocycles. The Morgan fingerprint density at radius 3 is 2.80 bits per heavy atom. The number of aliphatic hydroxyl groups is 1. The number of carbonyl (C=O) groups is 1. The van der Waals surface area contributed by atoms with Crippen molar-refractivity contribution < 1.29 is 19.5 Å². The fourth-order valence-corrected chi connectivity index (χ4v) is 3.33. The number of nitrogens with zero attached hydrogens (tertiary/aromatic N) is 1. The average Bonchev–Trinajstić information content (AvgIpc) is 3.24. The first-order valence-electron chi connectivity index (χ1n) is 8.63. The van der Waals surface area contributed by atoms with E-state index in [1.807, 2.05) is 33.8 Å². The summed E-state index contributed by atoms with van der Waals surface area (Å²) in [5.74, 6) is 5.84. The minimum atomic E-state index is -1.24. The standard InChI is InChI=1S/C20H27NO4/c1-7-25-18(22)11-15(13(2)3)8-9-20(23)14(4)10-17(21-24-6)16-12-19(16,20)5/h10-11,13,16,23H,7,12H2,1-6H3/b15-11+,21-17+. The summed E-state index contributed by atoms with van der Waals surface area (Å²) < 4.78 is 4.96. The summed E-state index contributed by atoms with van der Waals surface area (Å²) in [5.41, 5.74) is 0.609. The Balaban J connectivity index is 2.39. The quantitative estimate of drug-likeness (QED) is 0.368. The Morgan fingerprint density at radius 2 is 2.24 bits per heavy atom. The van der Waals surface area contributed by atoms with E-state index in [1.165, 1.54) is 13.2 Å². The van der Waals surface area contributed by atoms with E-state index < -0.39 is 11.6 Å². The lowest BCUT2D eigenvalue weighted by Gasteiger charge is -2.34. The number of oxime groups is 1. The van der Waals surface area contributed by atoms with Gasteiger partial charge in [-0.2, -0.15) is 0 Å². The Bertz CT molecular complexity index is 707. The maximum atomic E-state index is 11.7. The van der Waals surface area contributed by atoms with E-state index in [0.29, 0.717) is 12.2 Å². The van der Waals surface area contributed by atoms with Gasteiger partial charge in [-0.05, 0) is 37.8 Å². The lowest BCUT2D eigenvalue weighted by atomic mass is 9.74. The van der Waals surface area contributed by atoms with Gasteiger partial charge < -0.3 is 14.7 Å². The lowest BCUT2D eigenvalue weighted by Crippen LogP contribution is -2.42. The molecule has 0 amide bonds. The topological polar surface area (TPSA) is 68.1 Å². The van der Waals surface area contributed by atoms with E-state index in [2.05, 4.69) is 17.0 Å². The second-order valence-corrected chi connectivity index (χ2v) is 7.17. The predicted molar refractivity (Wildman–Crippen MR) is 96.7 cm³/mol. The van der Waals surface area contributed by atoms with Crippen molar-refractivity contribution in [1.29, 1.82) is 0 Å². The van der Waals surface area contributed by atoms with Gasteiger partial charge in [-0.1, -0.05) is 37.8 Å². The molecule has 3 atom stereocenters. The second-order valence-electron chi connectivity index (χ2n) is 7.17. The minimum absolute atomic E-state index is 0.0572. The molecule has 1 saturated carbocycles. The van der Waals surface area contributed by atoms with Crippen LogP contribution in [0.2, 0.25) is 0 Å². The number of hydrogen-bond acceptors (Lipinski definition) is 5. The molecule has 2 aliphatic rings. The smallest absolute Gasteiger partial charge is 0.331 e. The predicted octanol–water partition coefficient (Wildman–Crippen LogP) is 2.85. The number of carbonyl (C=O) groups excluding carboxylic acids is 1. The first kappa shape index (κ1) is 19.3. The lowest BCUT2D eigenvalue weighted by molar-refractivity contribution is -0.137. The zero-order valence-electron chi connectivity index (χ0n) is 15.8. The number of allylic oxidation sites excluding steroid dienone is 2. The van der Waals surface area contributed by atoms with Gasteiger partial charge in [0.1, 0.15) is 7.11 Å². The molecule has 0 radical (unpaired) electrons. The van der Waals surface area contributed by atoms with Crippen LogP contribution in [0, 0.1) is 29.1 Å². The van der Waals surface area contributed by atoms with Crippen LogP contribution in [0.4, 0.5) is 0 Å². The number of esters is 1. The maximum Gasteiger partial charge on any atom is 0.331 e. The third-order valence-electron chi connectivity index (χ3n) is 5.12. The zero-order chi connectivity index (χ0) is 18.8. The SMILES string of the molecule is CCOC(=O)/C=C(\C#CC1(O)C(C)=C/C(=N\OC)C2CC21C)C(C)C. The van der Waals surface area contributed by atoms with Gasteiger partial charge in [0.2, 0.25) is 0 Å². The molecule has 1 fully saturated rings. The van der Waals surface area contributed by atoms with E-state index >= 15 is 0 Å². The van der Waals surface area contributed by atoms with Gasteiger partial charge in [0.25, 0.3) is 0 Å². The largest absolute Gasteiger partial charge is 0.463 e. The van der Waals surface area contributed by atoms with Crippen LogP contribution in [0.5, 0.6) is 0 Å². The summed E-state index contributed by atoms with van der Waals surface area (Å²) in [6.45, 7) is 9.86. The molecule has 0 spiro atoms. The van der Waals surface area contributed by atoms with E-state index in [4.69, 9.17) is 9.57 Å². The molecule has 25 heavy (non-hydrogen) atoms. The molecule has 0 saturated heterocycles. The molecule has 2 aliphatic carbocycles. The molecular formula is C20H27NO4. The van der Waals surface area contributed by atoms with Gasteiger partial charge in [0, 0.05) is 23.0 Å². The number of ether oxygens (including phenoxy) is 1. The van der Waals surface area contributed by atoms with Gasteiger partial charge in [0.15, 0.2) is 5.60 Å². The van der Waals surface area contributed by atoms with Crippen molar-refractivity contribution >= 4 is 11.7 Å². The van der Waals surface area contributed by atoms with Crippen molar-refractivity contribution in [1.82, 2.24) is 0 Å². The first-order chi connectivity index (χ1) is 11.7. The van der Waals surface area contributed by atoms with E-state index in [-0.39, 0.29) is 17.3 Å². The van der Waals surface area contributed by atoms with Crippen LogP contribution in [-0.4, -0.2) is 36.1 Å². The third kappa shape index (κ3) is 3.50. The normalized spacial score (nSPS) is 32.5.